The number of carbonyl (C=O) groups is 2. The molecule has 0 saturated heterocycles. The zero-order valence-electron chi connectivity index (χ0n) is 18.2. The Balaban J connectivity index is 2.78. The van der Waals surface area contributed by atoms with E-state index in [9.17, 15) is 9.59 Å². The predicted octanol–water partition coefficient (Wildman–Crippen LogP) is 5.08. The number of carbonyl (C=O) groups excluding carboxylic acids is 2. The summed E-state index contributed by atoms with van der Waals surface area (Å²) >= 11 is 0. The van der Waals surface area contributed by atoms with Crippen LogP contribution in [0.2, 0.25) is 18.6 Å². The van der Waals surface area contributed by atoms with Gasteiger partial charge >= 0.3 is 11.9 Å². The fourth-order valence-electron chi connectivity index (χ4n) is 3.71. The first-order valence-corrected chi connectivity index (χ1v) is 13.8. The van der Waals surface area contributed by atoms with E-state index >= 15 is 0 Å². The minimum absolute atomic E-state index is 0.280. The van der Waals surface area contributed by atoms with Gasteiger partial charge < -0.3 is 9.47 Å². The van der Waals surface area contributed by atoms with Crippen LogP contribution in [-0.4, -0.2) is 33.2 Å². The third-order valence-corrected chi connectivity index (χ3v) is 10.1. The van der Waals surface area contributed by atoms with Crippen molar-refractivity contribution in [2.75, 3.05) is 13.2 Å². The molecule has 0 aliphatic carbocycles. The molecule has 1 atom stereocenters. The molecule has 0 amide bonds. The van der Waals surface area contributed by atoms with Crippen molar-refractivity contribution in [1.82, 2.24) is 0 Å². The Morgan fingerprint density at radius 2 is 1.43 bits per heavy atom. The minimum atomic E-state index is -1.65. The van der Waals surface area contributed by atoms with E-state index in [0.717, 1.165) is 12.5 Å². The summed E-state index contributed by atoms with van der Waals surface area (Å²) in [5.74, 6) is -1.70. The van der Waals surface area contributed by atoms with E-state index in [4.69, 9.17) is 9.47 Å². The lowest BCUT2D eigenvalue weighted by Crippen LogP contribution is -2.44. The molecule has 0 aliphatic heterocycles. The summed E-state index contributed by atoms with van der Waals surface area (Å²) in [6.07, 6.45) is 6.40. The molecule has 0 spiro atoms. The molecule has 1 rings (SSSR count). The number of hydrogen-bond acceptors (Lipinski definition) is 4. The van der Waals surface area contributed by atoms with Crippen LogP contribution in [0, 0.1) is 5.92 Å². The molecule has 0 aliphatic rings. The van der Waals surface area contributed by atoms with Crippen molar-refractivity contribution in [3.8, 4) is 0 Å². The van der Waals surface area contributed by atoms with Crippen molar-refractivity contribution in [3.05, 3.63) is 30.3 Å². The third kappa shape index (κ3) is 8.17. The van der Waals surface area contributed by atoms with Gasteiger partial charge in [-0.15, -0.1) is 0 Å². The Labute approximate surface area is 172 Å². The summed E-state index contributed by atoms with van der Waals surface area (Å²) in [4.78, 5) is 24.4. The van der Waals surface area contributed by atoms with Gasteiger partial charge in [-0.1, -0.05) is 93.2 Å². The van der Waals surface area contributed by atoms with Gasteiger partial charge in [-0.05, 0) is 20.3 Å². The van der Waals surface area contributed by atoms with E-state index in [2.05, 4.69) is 43.8 Å². The summed E-state index contributed by atoms with van der Waals surface area (Å²) in [6.45, 7) is 8.76. The molecular formula is C23H38O4Si. The lowest BCUT2D eigenvalue weighted by atomic mass is 10.0. The lowest BCUT2D eigenvalue weighted by Gasteiger charge is -2.29. The predicted molar refractivity (Wildman–Crippen MR) is 117 cm³/mol. The van der Waals surface area contributed by atoms with E-state index in [1.807, 2.05) is 0 Å². The molecule has 5 heteroatoms. The van der Waals surface area contributed by atoms with Crippen LogP contribution in [0.1, 0.15) is 59.3 Å². The second-order valence-electron chi connectivity index (χ2n) is 7.69. The molecule has 1 aromatic carbocycles. The van der Waals surface area contributed by atoms with Crippen molar-refractivity contribution in [2.24, 2.45) is 5.92 Å². The highest BCUT2D eigenvalue weighted by molar-refractivity contribution is 6.90. The molecule has 0 fully saturated rings. The van der Waals surface area contributed by atoms with Gasteiger partial charge in [0, 0.05) is 0 Å². The molecule has 158 valence electrons. The molecule has 0 N–H and O–H groups in total. The molecule has 1 unspecified atom stereocenters. The van der Waals surface area contributed by atoms with Crippen LogP contribution in [-0.2, 0) is 19.1 Å². The van der Waals surface area contributed by atoms with Crippen LogP contribution < -0.4 is 5.19 Å². The normalized spacial score (nSPS) is 13.2. The Hall–Kier alpha value is -1.62. The summed E-state index contributed by atoms with van der Waals surface area (Å²) in [7, 11) is -1.65. The highest BCUT2D eigenvalue weighted by Gasteiger charge is 2.32. The highest BCUT2D eigenvalue weighted by Crippen LogP contribution is 2.25. The number of esters is 2. The van der Waals surface area contributed by atoms with Crippen molar-refractivity contribution in [2.45, 2.75) is 77.9 Å². The Morgan fingerprint density at radius 1 is 0.857 bits per heavy atom. The van der Waals surface area contributed by atoms with Crippen molar-refractivity contribution in [3.63, 3.8) is 0 Å². The van der Waals surface area contributed by atoms with E-state index in [1.165, 1.54) is 36.9 Å². The van der Waals surface area contributed by atoms with Crippen LogP contribution in [0.4, 0.5) is 0 Å². The van der Waals surface area contributed by atoms with Gasteiger partial charge in [-0.2, -0.15) is 0 Å². The largest absolute Gasteiger partial charge is 0.465 e. The first-order valence-electron chi connectivity index (χ1n) is 10.9. The monoisotopic (exact) mass is 406 g/mol. The molecule has 0 radical (unpaired) electrons. The average molecular weight is 407 g/mol. The number of benzene rings is 1. The van der Waals surface area contributed by atoms with Crippen LogP contribution in [0.3, 0.4) is 0 Å². The van der Waals surface area contributed by atoms with E-state index in [1.54, 1.807) is 13.8 Å². The number of hydrogen-bond donors (Lipinski definition) is 0. The first kappa shape index (κ1) is 24.4. The first-order chi connectivity index (χ1) is 13.5. The van der Waals surface area contributed by atoms with Crippen LogP contribution in [0.15, 0.2) is 30.3 Å². The van der Waals surface area contributed by atoms with Crippen LogP contribution >= 0.6 is 0 Å². The van der Waals surface area contributed by atoms with Gasteiger partial charge in [-0.3, -0.25) is 9.59 Å². The Morgan fingerprint density at radius 3 is 1.96 bits per heavy atom. The molecule has 28 heavy (non-hydrogen) atoms. The fraction of sp³-hybridized carbons (Fsp3) is 0.652. The van der Waals surface area contributed by atoms with Gasteiger partial charge in [-0.25, -0.2) is 0 Å². The maximum absolute atomic E-state index is 12.2. The second-order valence-corrected chi connectivity index (χ2v) is 12.4. The third-order valence-electron chi connectivity index (χ3n) is 5.42. The van der Waals surface area contributed by atoms with Gasteiger partial charge in [0.2, 0.25) is 0 Å². The van der Waals surface area contributed by atoms with E-state index in [-0.39, 0.29) is 13.2 Å². The number of unbranched alkanes of at least 4 members (excludes halogenated alkanes) is 3. The quantitative estimate of drug-likeness (QED) is 0.187. The number of ether oxygens (including phenoxy) is 2. The van der Waals surface area contributed by atoms with E-state index < -0.39 is 25.9 Å². The molecule has 0 heterocycles. The van der Waals surface area contributed by atoms with Gasteiger partial charge in [0.1, 0.15) is 0 Å². The molecule has 0 aromatic heterocycles. The maximum atomic E-state index is 12.2. The summed E-state index contributed by atoms with van der Waals surface area (Å²) in [6, 6.07) is 13.1. The topological polar surface area (TPSA) is 52.6 Å². The second kappa shape index (κ2) is 13.5. The smallest absolute Gasteiger partial charge is 0.320 e. The lowest BCUT2D eigenvalue weighted by molar-refractivity contribution is -0.161. The molecule has 4 nitrogen and oxygen atoms in total. The number of rotatable bonds is 14. The zero-order chi connectivity index (χ0) is 20.8. The zero-order valence-corrected chi connectivity index (χ0v) is 19.2. The van der Waals surface area contributed by atoms with Crippen LogP contribution in [0.25, 0.3) is 0 Å². The summed E-state index contributed by atoms with van der Waals surface area (Å²) in [5.41, 5.74) is 0. The van der Waals surface area contributed by atoms with Crippen molar-refractivity contribution >= 4 is 25.2 Å². The van der Waals surface area contributed by atoms with Crippen LogP contribution in [0.5, 0.6) is 0 Å². The standard InChI is InChI=1S/C23H38O4Si/c1-5-8-9-13-18-28(4,20-15-11-10-12-16-20)19-14-17-21(22(24)26-6-2)23(25)27-7-3/h10-12,15-16,21H,5-9,13-14,17-19H2,1-4H3. The van der Waals surface area contributed by atoms with Gasteiger partial charge in [0.05, 0.1) is 21.3 Å². The molecule has 1 aromatic rings. The van der Waals surface area contributed by atoms with Gasteiger partial charge in [0.15, 0.2) is 5.92 Å². The van der Waals surface area contributed by atoms with Gasteiger partial charge in [0.25, 0.3) is 0 Å². The molecule has 0 bridgehead atoms. The molecule has 0 saturated carbocycles. The molecular weight excluding hydrogens is 368 g/mol. The van der Waals surface area contributed by atoms with E-state index in [0.29, 0.717) is 6.42 Å². The summed E-state index contributed by atoms with van der Waals surface area (Å²) < 4.78 is 10.2. The highest BCUT2D eigenvalue weighted by atomic mass is 28.3. The Kier molecular flexibility index (Phi) is 11.8. The average Bonchev–Trinajstić information content (AvgIpc) is 2.69. The summed E-state index contributed by atoms with van der Waals surface area (Å²) in [5, 5.41) is 1.47. The Bertz CT molecular complexity index is 557. The fourth-order valence-corrected chi connectivity index (χ4v) is 7.55. The van der Waals surface area contributed by atoms with Crippen molar-refractivity contribution < 1.29 is 19.1 Å². The minimum Gasteiger partial charge on any atom is -0.465 e. The SMILES string of the molecule is CCCCCC[Si](C)(CCCC(C(=O)OCC)C(=O)OCC)c1ccccc1. The maximum Gasteiger partial charge on any atom is 0.320 e. The van der Waals surface area contributed by atoms with Crippen molar-refractivity contribution in [1.29, 1.82) is 0 Å².